The number of benzene rings is 2. The molecule has 5 heteroatoms. The molecule has 0 aliphatic heterocycles. The van der Waals surface area contributed by atoms with E-state index in [0.29, 0.717) is 0 Å². The molecule has 0 fully saturated rings. The molecule has 1 heterocycles. The van der Waals surface area contributed by atoms with Crippen molar-refractivity contribution in [1.29, 1.82) is 0 Å². The zero-order valence-corrected chi connectivity index (χ0v) is 15.4. The highest BCUT2D eigenvalue weighted by Gasteiger charge is 2.12. The quantitative estimate of drug-likeness (QED) is 0.684. The molecule has 3 rings (SSSR count). The number of methoxy groups -OCH3 is 2. The molecule has 0 aliphatic rings. The molecule has 0 bridgehead atoms. The lowest BCUT2D eigenvalue weighted by Crippen LogP contribution is -2.07. The molecular formula is C20H21ClN2O2. The van der Waals surface area contributed by atoms with Crippen LogP contribution < -0.4 is 14.8 Å². The zero-order chi connectivity index (χ0) is 17.8. The van der Waals surface area contributed by atoms with Crippen LogP contribution in [-0.4, -0.2) is 25.7 Å². The Hall–Kier alpha value is -2.46. The Morgan fingerprint density at radius 3 is 2.36 bits per heavy atom. The van der Waals surface area contributed by atoms with Gasteiger partial charge in [0, 0.05) is 17.0 Å². The molecular weight excluding hydrogens is 336 g/mol. The summed E-state index contributed by atoms with van der Waals surface area (Å²) < 4.78 is 10.9. The molecule has 4 nitrogen and oxygen atoms in total. The maximum absolute atomic E-state index is 5.92. The first kappa shape index (κ1) is 17.4. The van der Waals surface area contributed by atoms with E-state index in [2.05, 4.69) is 12.2 Å². The lowest BCUT2D eigenvalue weighted by Gasteiger charge is -2.14. The summed E-state index contributed by atoms with van der Waals surface area (Å²) in [7, 11) is 3.32. The van der Waals surface area contributed by atoms with Gasteiger partial charge in [-0.05, 0) is 54.8 Å². The SMILES string of the molecule is COc1ccc(OC)c2c(C)cc(NCCc3ccc(Cl)cc3)nc12. The van der Waals surface area contributed by atoms with Gasteiger partial charge in [0.1, 0.15) is 22.8 Å². The second-order valence-electron chi connectivity index (χ2n) is 5.82. The van der Waals surface area contributed by atoms with Gasteiger partial charge in [0.05, 0.1) is 14.2 Å². The Balaban J connectivity index is 1.83. The van der Waals surface area contributed by atoms with Gasteiger partial charge in [0.2, 0.25) is 0 Å². The molecule has 2 aromatic carbocycles. The van der Waals surface area contributed by atoms with Crippen molar-refractivity contribution in [3.8, 4) is 11.5 Å². The number of hydrogen-bond donors (Lipinski definition) is 1. The molecule has 3 aromatic rings. The molecule has 0 saturated carbocycles. The summed E-state index contributed by atoms with van der Waals surface area (Å²) in [5.74, 6) is 2.36. The fraction of sp³-hybridized carbons (Fsp3) is 0.250. The van der Waals surface area contributed by atoms with E-state index in [4.69, 9.17) is 26.1 Å². The van der Waals surface area contributed by atoms with Crippen LogP contribution >= 0.6 is 11.6 Å². The first-order chi connectivity index (χ1) is 12.1. The molecule has 0 unspecified atom stereocenters. The predicted octanol–water partition coefficient (Wildman–Crippen LogP) is 4.87. The lowest BCUT2D eigenvalue weighted by atomic mass is 10.1. The van der Waals surface area contributed by atoms with Crippen LogP contribution in [0.4, 0.5) is 5.82 Å². The largest absolute Gasteiger partial charge is 0.496 e. The molecule has 0 spiro atoms. The fourth-order valence-electron chi connectivity index (χ4n) is 2.89. The van der Waals surface area contributed by atoms with Gasteiger partial charge in [-0.3, -0.25) is 0 Å². The van der Waals surface area contributed by atoms with E-state index in [1.54, 1.807) is 14.2 Å². The molecule has 0 atom stereocenters. The van der Waals surface area contributed by atoms with E-state index in [-0.39, 0.29) is 0 Å². The topological polar surface area (TPSA) is 43.4 Å². The van der Waals surface area contributed by atoms with Gasteiger partial charge in [-0.25, -0.2) is 4.98 Å². The van der Waals surface area contributed by atoms with E-state index in [1.807, 2.05) is 42.5 Å². The Bertz CT molecular complexity index is 879. The minimum absolute atomic E-state index is 0.736. The number of anilines is 1. The predicted molar refractivity (Wildman–Crippen MR) is 103 cm³/mol. The van der Waals surface area contributed by atoms with Crippen LogP contribution in [-0.2, 0) is 6.42 Å². The van der Waals surface area contributed by atoms with E-state index >= 15 is 0 Å². The number of ether oxygens (including phenoxy) is 2. The number of rotatable bonds is 6. The fourth-order valence-corrected chi connectivity index (χ4v) is 3.01. The van der Waals surface area contributed by atoms with Crippen molar-refractivity contribution < 1.29 is 9.47 Å². The molecule has 0 amide bonds. The highest BCUT2D eigenvalue weighted by atomic mass is 35.5. The number of nitrogens with zero attached hydrogens (tertiary/aromatic N) is 1. The Kier molecular flexibility index (Phi) is 5.29. The number of nitrogens with one attached hydrogen (secondary N) is 1. The minimum atomic E-state index is 0.736. The summed E-state index contributed by atoms with van der Waals surface area (Å²) in [4.78, 5) is 4.72. The standard InChI is InChI=1S/C20H21ClN2O2/c1-13-12-18(22-11-10-14-4-6-15(21)7-5-14)23-20-17(25-3)9-8-16(24-2)19(13)20/h4-9,12H,10-11H2,1-3H3,(H,22,23). The number of pyridine rings is 1. The van der Waals surface area contributed by atoms with Crippen LogP contribution in [0.1, 0.15) is 11.1 Å². The zero-order valence-electron chi connectivity index (χ0n) is 14.6. The van der Waals surface area contributed by atoms with E-state index < -0.39 is 0 Å². The van der Waals surface area contributed by atoms with Crippen molar-refractivity contribution >= 4 is 28.3 Å². The number of fused-ring (bicyclic) bond motifs is 1. The maximum Gasteiger partial charge on any atom is 0.145 e. The van der Waals surface area contributed by atoms with Crippen molar-refractivity contribution in [2.24, 2.45) is 0 Å². The smallest absolute Gasteiger partial charge is 0.145 e. The summed E-state index contributed by atoms with van der Waals surface area (Å²) in [6.07, 6.45) is 0.894. The highest BCUT2D eigenvalue weighted by Crippen LogP contribution is 2.35. The molecule has 0 saturated heterocycles. The van der Waals surface area contributed by atoms with E-state index in [0.717, 1.165) is 51.8 Å². The van der Waals surface area contributed by atoms with Crippen LogP contribution in [0.15, 0.2) is 42.5 Å². The van der Waals surface area contributed by atoms with E-state index in [9.17, 15) is 0 Å². The third-order valence-electron chi connectivity index (χ3n) is 4.16. The van der Waals surface area contributed by atoms with Gasteiger partial charge in [-0.2, -0.15) is 0 Å². The van der Waals surface area contributed by atoms with Crippen molar-refractivity contribution in [3.63, 3.8) is 0 Å². The molecule has 1 N–H and O–H groups in total. The summed E-state index contributed by atoms with van der Waals surface area (Å²) in [6.45, 7) is 2.84. The van der Waals surface area contributed by atoms with Crippen molar-refractivity contribution in [2.75, 3.05) is 26.1 Å². The Morgan fingerprint density at radius 2 is 1.68 bits per heavy atom. The van der Waals surface area contributed by atoms with Gasteiger partial charge in [-0.1, -0.05) is 23.7 Å². The molecule has 25 heavy (non-hydrogen) atoms. The summed E-state index contributed by atoms with van der Waals surface area (Å²) in [6, 6.07) is 13.7. The van der Waals surface area contributed by atoms with Crippen LogP contribution in [0, 0.1) is 6.92 Å². The van der Waals surface area contributed by atoms with Crippen molar-refractivity contribution in [3.05, 3.63) is 58.6 Å². The molecule has 0 aliphatic carbocycles. The average molecular weight is 357 g/mol. The van der Waals surface area contributed by atoms with Crippen LogP contribution in [0.3, 0.4) is 0 Å². The molecule has 130 valence electrons. The van der Waals surface area contributed by atoms with Crippen LogP contribution in [0.5, 0.6) is 11.5 Å². The minimum Gasteiger partial charge on any atom is -0.496 e. The molecule has 1 aromatic heterocycles. The van der Waals surface area contributed by atoms with Gasteiger partial charge >= 0.3 is 0 Å². The lowest BCUT2D eigenvalue weighted by molar-refractivity contribution is 0.409. The normalized spacial score (nSPS) is 10.7. The number of halogens is 1. The number of aromatic nitrogens is 1. The number of hydrogen-bond acceptors (Lipinski definition) is 4. The molecule has 0 radical (unpaired) electrons. The van der Waals surface area contributed by atoms with Crippen LogP contribution in [0.25, 0.3) is 10.9 Å². The maximum atomic E-state index is 5.92. The Labute approximate surface area is 152 Å². The summed E-state index contributed by atoms with van der Waals surface area (Å²) >= 11 is 5.92. The Morgan fingerprint density at radius 1 is 1.00 bits per heavy atom. The third-order valence-corrected chi connectivity index (χ3v) is 4.41. The second-order valence-corrected chi connectivity index (χ2v) is 6.26. The number of aryl methyl sites for hydroxylation is 1. The monoisotopic (exact) mass is 356 g/mol. The summed E-state index contributed by atoms with van der Waals surface area (Å²) in [5, 5.41) is 5.12. The van der Waals surface area contributed by atoms with Gasteiger partial charge < -0.3 is 14.8 Å². The summed E-state index contributed by atoms with van der Waals surface area (Å²) in [5.41, 5.74) is 3.12. The first-order valence-corrected chi connectivity index (χ1v) is 8.51. The van der Waals surface area contributed by atoms with Crippen molar-refractivity contribution in [1.82, 2.24) is 4.98 Å². The second kappa shape index (κ2) is 7.62. The first-order valence-electron chi connectivity index (χ1n) is 8.13. The van der Waals surface area contributed by atoms with E-state index in [1.165, 1.54) is 5.56 Å². The van der Waals surface area contributed by atoms with Crippen molar-refractivity contribution in [2.45, 2.75) is 13.3 Å². The van der Waals surface area contributed by atoms with Gasteiger partial charge in [-0.15, -0.1) is 0 Å². The highest BCUT2D eigenvalue weighted by molar-refractivity contribution is 6.30. The third kappa shape index (κ3) is 3.80. The van der Waals surface area contributed by atoms with Crippen LogP contribution in [0.2, 0.25) is 5.02 Å². The average Bonchev–Trinajstić information content (AvgIpc) is 2.62. The van der Waals surface area contributed by atoms with Gasteiger partial charge in [0.15, 0.2) is 0 Å². The van der Waals surface area contributed by atoms with Gasteiger partial charge in [0.25, 0.3) is 0 Å².